The summed E-state index contributed by atoms with van der Waals surface area (Å²) in [6.07, 6.45) is 1.84. The number of halogens is 1. The Hall–Kier alpha value is -2.80. The summed E-state index contributed by atoms with van der Waals surface area (Å²) in [5.74, 6) is 1.28. The molecule has 1 saturated heterocycles. The molecule has 0 spiro atoms. The fourth-order valence-corrected chi connectivity index (χ4v) is 4.05. The third-order valence-corrected chi connectivity index (χ3v) is 5.36. The van der Waals surface area contributed by atoms with Gasteiger partial charge in [0.25, 0.3) is 5.91 Å². The minimum absolute atomic E-state index is 0.0838. The van der Waals surface area contributed by atoms with Crippen molar-refractivity contribution in [1.82, 2.24) is 4.90 Å². The van der Waals surface area contributed by atoms with Gasteiger partial charge in [-0.15, -0.1) is 0 Å². The fourth-order valence-electron chi connectivity index (χ4n) is 3.04. The predicted octanol–water partition coefficient (Wildman–Crippen LogP) is 4.86. The zero-order valence-electron chi connectivity index (χ0n) is 16.2. The van der Waals surface area contributed by atoms with Crippen molar-refractivity contribution in [2.45, 2.75) is 13.8 Å². The average molecular weight is 412 g/mol. The van der Waals surface area contributed by atoms with Gasteiger partial charge in [-0.1, -0.05) is 19.9 Å². The van der Waals surface area contributed by atoms with Gasteiger partial charge < -0.3 is 9.47 Å². The van der Waals surface area contributed by atoms with Crippen LogP contribution in [0.15, 0.2) is 52.4 Å². The molecule has 0 N–H and O–H groups in total. The van der Waals surface area contributed by atoms with Crippen molar-refractivity contribution in [3.05, 3.63) is 58.8 Å². The quantitative estimate of drug-likeness (QED) is 0.673. The van der Waals surface area contributed by atoms with E-state index in [9.17, 15) is 9.18 Å². The number of benzene rings is 2. The summed E-state index contributed by atoms with van der Waals surface area (Å²) in [7, 11) is 0. The number of thioether (sulfide) groups is 1. The van der Waals surface area contributed by atoms with Crippen LogP contribution < -0.4 is 9.47 Å². The Labute approximate surface area is 173 Å². The van der Waals surface area contributed by atoms with Crippen molar-refractivity contribution in [1.29, 1.82) is 0 Å². The van der Waals surface area contributed by atoms with E-state index in [-0.39, 0.29) is 17.6 Å². The molecule has 2 aliphatic heterocycles. The van der Waals surface area contributed by atoms with Gasteiger partial charge in [0.1, 0.15) is 19.0 Å². The number of carbonyl (C=O) groups is 1. The molecule has 5 nitrogen and oxygen atoms in total. The van der Waals surface area contributed by atoms with Crippen molar-refractivity contribution in [3.63, 3.8) is 0 Å². The number of fused-ring (bicyclic) bond motifs is 1. The van der Waals surface area contributed by atoms with Crippen LogP contribution in [0.5, 0.6) is 11.5 Å². The number of carbonyl (C=O) groups excluding carboxylic acids is 1. The summed E-state index contributed by atoms with van der Waals surface area (Å²) in [5.41, 5.74) is 1.47. The van der Waals surface area contributed by atoms with E-state index in [1.165, 1.54) is 23.9 Å². The molecule has 2 aliphatic rings. The van der Waals surface area contributed by atoms with E-state index < -0.39 is 0 Å². The van der Waals surface area contributed by atoms with Gasteiger partial charge >= 0.3 is 0 Å². The first kappa shape index (κ1) is 19.5. The van der Waals surface area contributed by atoms with Gasteiger partial charge in [-0.2, -0.15) is 0 Å². The van der Waals surface area contributed by atoms with E-state index >= 15 is 0 Å². The first-order valence-electron chi connectivity index (χ1n) is 9.45. The summed E-state index contributed by atoms with van der Waals surface area (Å²) in [6.45, 7) is 5.71. The Bertz CT molecular complexity index is 986. The van der Waals surface area contributed by atoms with E-state index in [2.05, 4.69) is 18.8 Å². The van der Waals surface area contributed by atoms with Crippen LogP contribution >= 0.6 is 11.8 Å². The van der Waals surface area contributed by atoms with Crippen LogP contribution in [0.25, 0.3) is 6.08 Å². The second-order valence-corrected chi connectivity index (χ2v) is 8.20. The molecule has 0 bridgehead atoms. The van der Waals surface area contributed by atoms with Gasteiger partial charge in [0.2, 0.25) is 0 Å². The summed E-state index contributed by atoms with van der Waals surface area (Å²) >= 11 is 1.32. The Morgan fingerprint density at radius 1 is 1.14 bits per heavy atom. The van der Waals surface area contributed by atoms with Gasteiger partial charge in [0.05, 0.1) is 10.6 Å². The highest BCUT2D eigenvalue weighted by atomic mass is 32.2. The summed E-state index contributed by atoms with van der Waals surface area (Å²) < 4.78 is 24.4. The number of hydrogen-bond donors (Lipinski definition) is 0. The second kappa shape index (κ2) is 8.29. The van der Waals surface area contributed by atoms with Gasteiger partial charge in [-0.25, -0.2) is 9.38 Å². The van der Waals surface area contributed by atoms with Crippen LogP contribution in [0.1, 0.15) is 19.4 Å². The first-order valence-corrected chi connectivity index (χ1v) is 10.3. The second-order valence-electron chi connectivity index (χ2n) is 7.19. The van der Waals surface area contributed by atoms with E-state index in [1.807, 2.05) is 24.3 Å². The molecule has 1 fully saturated rings. The van der Waals surface area contributed by atoms with Gasteiger partial charge in [-0.3, -0.25) is 9.69 Å². The molecule has 4 rings (SSSR count). The standard InChI is InChI=1S/C22H21FN2O3S/c1-14(2)13-25-21(26)20(29-22(25)24-17-6-4-16(23)5-7-17)12-15-3-8-18-19(11-15)28-10-9-27-18/h3-8,11-12,14H,9-10,13H2,1-2H3/b20-12-,24-22?. The summed E-state index contributed by atoms with van der Waals surface area (Å²) in [5, 5.41) is 0.596. The third kappa shape index (κ3) is 4.45. The Balaban J connectivity index is 1.65. The molecule has 0 saturated carbocycles. The lowest BCUT2D eigenvalue weighted by Gasteiger charge is -2.18. The highest BCUT2D eigenvalue weighted by Gasteiger charge is 2.33. The molecular formula is C22H21FN2O3S. The molecule has 0 radical (unpaired) electrons. The Kier molecular flexibility index (Phi) is 5.58. The highest BCUT2D eigenvalue weighted by Crippen LogP contribution is 2.36. The topological polar surface area (TPSA) is 51.1 Å². The van der Waals surface area contributed by atoms with E-state index in [4.69, 9.17) is 9.47 Å². The predicted molar refractivity (Wildman–Crippen MR) is 113 cm³/mol. The number of nitrogens with zero attached hydrogens (tertiary/aromatic N) is 2. The molecule has 7 heteroatoms. The lowest BCUT2D eigenvalue weighted by molar-refractivity contribution is -0.122. The maximum absolute atomic E-state index is 13.2. The van der Waals surface area contributed by atoms with Crippen molar-refractivity contribution in [2.24, 2.45) is 10.9 Å². The van der Waals surface area contributed by atoms with Crippen molar-refractivity contribution in [2.75, 3.05) is 19.8 Å². The van der Waals surface area contributed by atoms with Crippen LogP contribution in [0, 0.1) is 11.7 Å². The lowest BCUT2D eigenvalue weighted by Crippen LogP contribution is -2.32. The van der Waals surface area contributed by atoms with Crippen LogP contribution in [0.3, 0.4) is 0 Å². The number of amidine groups is 1. The number of amides is 1. The van der Waals surface area contributed by atoms with Crippen LogP contribution in [-0.4, -0.2) is 35.7 Å². The Morgan fingerprint density at radius 3 is 2.59 bits per heavy atom. The molecule has 2 aromatic rings. The van der Waals surface area contributed by atoms with Crippen molar-refractivity contribution >= 4 is 34.6 Å². The molecule has 2 heterocycles. The molecule has 0 aromatic heterocycles. The molecule has 0 unspecified atom stereocenters. The SMILES string of the molecule is CC(C)CN1C(=O)/C(=C/c2ccc3c(c2)OCCO3)SC1=Nc1ccc(F)cc1. The maximum atomic E-state index is 13.2. The smallest absolute Gasteiger partial charge is 0.266 e. The van der Waals surface area contributed by atoms with Crippen LogP contribution in [0.4, 0.5) is 10.1 Å². The van der Waals surface area contributed by atoms with Gasteiger partial charge in [0.15, 0.2) is 16.7 Å². The molecular weight excluding hydrogens is 391 g/mol. The maximum Gasteiger partial charge on any atom is 0.266 e. The normalized spacial score (nSPS) is 18.9. The van der Waals surface area contributed by atoms with E-state index in [0.717, 1.165) is 5.56 Å². The lowest BCUT2D eigenvalue weighted by atomic mass is 10.1. The van der Waals surface area contributed by atoms with Crippen LogP contribution in [0.2, 0.25) is 0 Å². The number of rotatable bonds is 4. The highest BCUT2D eigenvalue weighted by molar-refractivity contribution is 8.18. The number of ether oxygens (including phenoxy) is 2. The molecule has 2 aromatic carbocycles. The third-order valence-electron chi connectivity index (χ3n) is 4.35. The first-order chi connectivity index (χ1) is 14.0. The van der Waals surface area contributed by atoms with Crippen molar-refractivity contribution < 1.29 is 18.7 Å². The number of hydrogen-bond acceptors (Lipinski definition) is 5. The van der Waals surface area contributed by atoms with Gasteiger partial charge in [0, 0.05) is 6.54 Å². The number of aliphatic imine (C=N–C) groups is 1. The molecule has 150 valence electrons. The summed E-state index contributed by atoms with van der Waals surface area (Å²) in [4.78, 5) is 19.9. The largest absolute Gasteiger partial charge is 0.486 e. The zero-order valence-corrected chi connectivity index (χ0v) is 17.0. The fraction of sp³-hybridized carbons (Fsp3) is 0.273. The Morgan fingerprint density at radius 2 is 1.86 bits per heavy atom. The molecule has 0 atom stereocenters. The van der Waals surface area contributed by atoms with Crippen molar-refractivity contribution in [3.8, 4) is 11.5 Å². The van der Waals surface area contributed by atoms with Crippen LogP contribution in [-0.2, 0) is 4.79 Å². The minimum atomic E-state index is -0.317. The van der Waals surface area contributed by atoms with E-state index in [0.29, 0.717) is 47.0 Å². The zero-order chi connectivity index (χ0) is 20.4. The van der Waals surface area contributed by atoms with Gasteiger partial charge in [-0.05, 0) is 65.7 Å². The minimum Gasteiger partial charge on any atom is -0.486 e. The average Bonchev–Trinajstić information content (AvgIpc) is 2.98. The van der Waals surface area contributed by atoms with E-state index in [1.54, 1.807) is 17.0 Å². The molecule has 29 heavy (non-hydrogen) atoms. The molecule has 1 amide bonds. The monoisotopic (exact) mass is 412 g/mol. The summed E-state index contributed by atoms with van der Waals surface area (Å²) in [6, 6.07) is 11.5. The molecule has 0 aliphatic carbocycles.